The van der Waals surface area contributed by atoms with E-state index in [9.17, 15) is 4.79 Å². The lowest BCUT2D eigenvalue weighted by atomic mass is 9.33. The first-order chi connectivity index (χ1) is 18.2. The highest BCUT2D eigenvalue weighted by Crippen LogP contribution is 2.76. The fraction of sp³-hybridized carbons (Fsp3) is 0.703. The Hall–Kier alpha value is -1.67. The summed E-state index contributed by atoms with van der Waals surface area (Å²) in [4.78, 5) is 11.9. The van der Waals surface area contributed by atoms with Crippen molar-refractivity contribution in [3.05, 3.63) is 53.6 Å². The third kappa shape index (κ3) is 3.58. The quantitative estimate of drug-likeness (QED) is 0.314. The molecule has 0 amide bonds. The number of rotatable bonds is 3. The van der Waals surface area contributed by atoms with Crippen LogP contribution in [-0.2, 0) is 0 Å². The molecule has 1 aromatic rings. The van der Waals surface area contributed by atoms with Gasteiger partial charge in [-0.25, -0.2) is 0 Å². The highest BCUT2D eigenvalue weighted by molar-refractivity contribution is 5.94. The van der Waals surface area contributed by atoms with Crippen LogP contribution in [0.5, 0.6) is 0 Å². The number of hydrogen-bond acceptors (Lipinski definition) is 2. The molecule has 0 aliphatic heterocycles. The lowest BCUT2D eigenvalue weighted by molar-refractivity contribution is -0.217. The first-order valence-electron chi connectivity index (χ1n) is 16.0. The summed E-state index contributed by atoms with van der Waals surface area (Å²) in [5.41, 5.74) is 13.4. The van der Waals surface area contributed by atoms with Crippen molar-refractivity contribution < 1.29 is 4.79 Å². The first kappa shape index (κ1) is 27.5. The average molecular weight is 528 g/mol. The fourth-order valence-electron chi connectivity index (χ4n) is 12.2. The molecule has 0 aromatic heterocycles. The van der Waals surface area contributed by atoms with Gasteiger partial charge in [0.25, 0.3) is 0 Å². The average Bonchev–Trinajstić information content (AvgIpc) is 3.22. The van der Waals surface area contributed by atoms with Crippen molar-refractivity contribution in [2.24, 2.45) is 57.0 Å². The van der Waals surface area contributed by atoms with Gasteiger partial charge in [-0.15, -0.1) is 0 Å². The van der Waals surface area contributed by atoms with Crippen molar-refractivity contribution in [1.82, 2.24) is 0 Å². The maximum atomic E-state index is 11.9. The molecule has 1 aromatic carbocycles. The van der Waals surface area contributed by atoms with Crippen molar-refractivity contribution in [2.45, 2.75) is 112 Å². The van der Waals surface area contributed by atoms with Gasteiger partial charge in [-0.05, 0) is 134 Å². The fourth-order valence-corrected chi connectivity index (χ4v) is 12.2. The molecule has 4 saturated carbocycles. The number of hydrogen-bond donors (Lipinski definition) is 1. The summed E-state index contributed by atoms with van der Waals surface area (Å²) in [6, 6.07) is 8.41. The van der Waals surface area contributed by atoms with Gasteiger partial charge in [0.05, 0.1) is 0 Å². The van der Waals surface area contributed by atoms with Crippen LogP contribution in [0.25, 0.3) is 5.57 Å². The second-order valence-corrected chi connectivity index (χ2v) is 16.1. The normalized spacial score (nSPS) is 46.3. The molecule has 4 fully saturated rings. The molecular weight excluding hydrogens is 474 g/mol. The molecule has 212 valence electrons. The second-order valence-electron chi connectivity index (χ2n) is 16.1. The Morgan fingerprint density at radius 3 is 2.18 bits per heavy atom. The Morgan fingerprint density at radius 2 is 1.54 bits per heavy atom. The Bertz CT molecular complexity index is 1220. The molecule has 2 N–H and O–H groups in total. The van der Waals surface area contributed by atoms with E-state index in [2.05, 4.69) is 66.3 Å². The molecule has 39 heavy (non-hydrogen) atoms. The zero-order valence-corrected chi connectivity index (χ0v) is 25.8. The maximum absolute atomic E-state index is 11.9. The first-order valence-corrected chi connectivity index (χ1v) is 16.0. The van der Waals surface area contributed by atoms with Gasteiger partial charge in [0.1, 0.15) is 0 Å². The summed E-state index contributed by atoms with van der Waals surface area (Å²) >= 11 is 0. The summed E-state index contributed by atoms with van der Waals surface area (Å²) in [5, 5.41) is 0. The molecule has 0 spiro atoms. The van der Waals surface area contributed by atoms with E-state index in [1.54, 1.807) is 6.92 Å². The van der Waals surface area contributed by atoms with Crippen LogP contribution in [0.2, 0.25) is 0 Å². The van der Waals surface area contributed by atoms with Gasteiger partial charge >= 0.3 is 0 Å². The van der Waals surface area contributed by atoms with Gasteiger partial charge in [0.15, 0.2) is 5.78 Å². The number of nitrogens with two attached hydrogens (primary N) is 1. The Balaban J connectivity index is 1.36. The Morgan fingerprint density at radius 1 is 0.846 bits per heavy atom. The number of Topliss-reactive ketones (excluding diaryl/α,β-unsaturated/α-hetero) is 1. The molecule has 9 atom stereocenters. The van der Waals surface area contributed by atoms with Crippen molar-refractivity contribution in [1.29, 1.82) is 0 Å². The molecule has 0 saturated heterocycles. The second kappa shape index (κ2) is 8.67. The number of allylic oxidation sites excluding steroid dienone is 3. The van der Waals surface area contributed by atoms with Crippen LogP contribution in [0.1, 0.15) is 122 Å². The summed E-state index contributed by atoms with van der Waals surface area (Å²) in [7, 11) is 0. The lowest BCUT2D eigenvalue weighted by Crippen LogP contribution is -2.67. The molecular formula is C37H53NO. The third-order valence-corrected chi connectivity index (χ3v) is 14.3. The van der Waals surface area contributed by atoms with Crippen molar-refractivity contribution in [3.8, 4) is 0 Å². The van der Waals surface area contributed by atoms with Crippen LogP contribution in [0.4, 0.5) is 0 Å². The van der Waals surface area contributed by atoms with Crippen LogP contribution >= 0.6 is 0 Å². The number of carbonyl (C=O) groups excluding carboxylic acids is 1. The van der Waals surface area contributed by atoms with E-state index in [4.69, 9.17) is 5.73 Å². The number of benzene rings is 1. The van der Waals surface area contributed by atoms with E-state index in [1.165, 1.54) is 74.5 Å². The van der Waals surface area contributed by atoms with Crippen molar-refractivity contribution >= 4 is 11.4 Å². The third-order valence-electron chi connectivity index (χ3n) is 14.3. The Kier molecular flexibility index (Phi) is 6.11. The van der Waals surface area contributed by atoms with Crippen molar-refractivity contribution in [2.75, 3.05) is 0 Å². The zero-order valence-electron chi connectivity index (χ0n) is 25.8. The predicted molar refractivity (Wildman–Crippen MR) is 163 cm³/mol. The summed E-state index contributed by atoms with van der Waals surface area (Å²) < 4.78 is 0. The van der Waals surface area contributed by atoms with Gasteiger partial charge in [-0.2, -0.15) is 0 Å². The minimum Gasteiger partial charge on any atom is -0.325 e. The molecule has 0 unspecified atom stereocenters. The van der Waals surface area contributed by atoms with E-state index in [-0.39, 0.29) is 16.7 Å². The van der Waals surface area contributed by atoms with E-state index < -0.39 is 0 Å². The minimum atomic E-state index is 0.0283. The van der Waals surface area contributed by atoms with Crippen molar-refractivity contribution in [3.63, 3.8) is 0 Å². The number of ketones is 1. The topological polar surface area (TPSA) is 43.1 Å². The highest BCUT2D eigenvalue weighted by atomic mass is 16.1. The van der Waals surface area contributed by atoms with E-state index in [0.29, 0.717) is 34.0 Å². The van der Waals surface area contributed by atoms with E-state index >= 15 is 0 Å². The molecule has 0 radical (unpaired) electrons. The van der Waals surface area contributed by atoms with Crippen LogP contribution < -0.4 is 5.73 Å². The van der Waals surface area contributed by atoms with Crippen LogP contribution in [0, 0.1) is 51.2 Å². The van der Waals surface area contributed by atoms with Gasteiger partial charge in [-0.1, -0.05) is 77.1 Å². The van der Waals surface area contributed by atoms with Gasteiger partial charge in [-0.3, -0.25) is 4.79 Å². The van der Waals surface area contributed by atoms with Crippen LogP contribution in [0.3, 0.4) is 0 Å². The summed E-state index contributed by atoms with van der Waals surface area (Å²) in [6.45, 7) is 21.5. The standard InChI is InChI=1S/C37H53NO/c1-23(2)27-15-20-37(38)22-21-35(7)29(32(27)37)13-14-31-34(6)18-16-28(26-11-9-25(10-12-26)24(3)39)33(4,5)30(34)17-19-36(31,35)8/h9-12,16,27,29-32H,1,13-15,17-22,38H2,2-8H3/t27-,29+,30-,31+,32+,34-,35+,36+,37-/m0/s1. The minimum absolute atomic E-state index is 0.0283. The molecule has 0 heterocycles. The van der Waals surface area contributed by atoms with Crippen LogP contribution in [0.15, 0.2) is 42.5 Å². The van der Waals surface area contributed by atoms with Crippen LogP contribution in [-0.4, -0.2) is 11.3 Å². The zero-order chi connectivity index (χ0) is 28.2. The highest BCUT2D eigenvalue weighted by Gasteiger charge is 2.70. The number of fused-ring (bicyclic) bond motifs is 7. The maximum Gasteiger partial charge on any atom is 0.159 e. The van der Waals surface area contributed by atoms with E-state index in [0.717, 1.165) is 17.4 Å². The largest absolute Gasteiger partial charge is 0.325 e. The smallest absolute Gasteiger partial charge is 0.159 e. The molecule has 0 bridgehead atoms. The molecule has 5 aliphatic carbocycles. The van der Waals surface area contributed by atoms with Gasteiger partial charge in [0.2, 0.25) is 0 Å². The Labute approximate surface area is 238 Å². The summed E-state index contributed by atoms with van der Waals surface area (Å²) in [6.07, 6.45) is 14.1. The van der Waals surface area contributed by atoms with E-state index in [1.807, 2.05) is 12.1 Å². The SMILES string of the molecule is C=C(C)[C@@H]1CC[C@]2(N)CC[C@]3(C)[C@H](CC[C@@H]4[C@@]5(C)CC=C(c6ccc(C(C)=O)cc6)C(C)(C)[C@@H]5CC[C@]43C)[C@@H]12. The monoisotopic (exact) mass is 527 g/mol. The lowest BCUT2D eigenvalue weighted by Gasteiger charge is -2.72. The van der Waals surface area contributed by atoms with Gasteiger partial charge < -0.3 is 5.73 Å². The molecule has 6 rings (SSSR count). The molecule has 2 nitrogen and oxygen atoms in total. The van der Waals surface area contributed by atoms with Gasteiger partial charge in [0, 0.05) is 11.1 Å². The molecule has 2 heteroatoms. The summed E-state index contributed by atoms with van der Waals surface area (Å²) in [5.74, 6) is 3.51. The number of carbonyl (C=O) groups is 1. The molecule has 5 aliphatic rings. The predicted octanol–water partition coefficient (Wildman–Crippen LogP) is 9.25.